The highest BCUT2D eigenvalue weighted by molar-refractivity contribution is 5.67. The van der Waals surface area contributed by atoms with Gasteiger partial charge in [0.15, 0.2) is 0 Å². The number of nitrogens with one attached hydrogen (secondary N) is 1. The molecule has 1 aromatic heterocycles. The van der Waals surface area contributed by atoms with Crippen LogP contribution in [0.5, 0.6) is 5.88 Å². The van der Waals surface area contributed by atoms with Crippen molar-refractivity contribution in [3.8, 4) is 5.88 Å². The minimum Gasteiger partial charge on any atom is -0.481 e. The summed E-state index contributed by atoms with van der Waals surface area (Å²) in [7, 11) is 1.60. The van der Waals surface area contributed by atoms with Crippen molar-refractivity contribution in [2.24, 2.45) is 0 Å². The van der Waals surface area contributed by atoms with Gasteiger partial charge in [0.25, 0.3) is 0 Å². The van der Waals surface area contributed by atoms with E-state index in [2.05, 4.69) is 10.3 Å². The number of hydrogen-bond acceptors (Lipinski definition) is 5. The molecule has 0 aliphatic carbocycles. The van der Waals surface area contributed by atoms with Gasteiger partial charge in [0, 0.05) is 25.2 Å². The van der Waals surface area contributed by atoms with Gasteiger partial charge in [-0.05, 0) is 25.8 Å². The number of nitrogens with zero attached hydrogens (tertiary/aromatic N) is 2. The highest BCUT2D eigenvalue weighted by atomic mass is 16.6. The van der Waals surface area contributed by atoms with Crippen LogP contribution in [-0.2, 0) is 4.74 Å². The fourth-order valence-corrected chi connectivity index (χ4v) is 2.24. The predicted octanol–water partition coefficient (Wildman–Crippen LogP) is 2.12. The van der Waals surface area contributed by atoms with E-state index >= 15 is 0 Å². The van der Waals surface area contributed by atoms with E-state index < -0.39 is 0 Å². The molecule has 1 aliphatic rings. The van der Waals surface area contributed by atoms with Gasteiger partial charge in [-0.25, -0.2) is 4.79 Å². The largest absolute Gasteiger partial charge is 0.481 e. The predicted molar refractivity (Wildman–Crippen MR) is 76.0 cm³/mol. The Labute approximate surface area is 119 Å². The Bertz CT molecular complexity index is 445. The Morgan fingerprint density at radius 2 is 2.20 bits per heavy atom. The molecular weight excluding hydrogens is 258 g/mol. The van der Waals surface area contributed by atoms with Gasteiger partial charge in [0.2, 0.25) is 5.88 Å². The molecule has 0 spiro atoms. The number of methoxy groups -OCH3 is 1. The van der Waals surface area contributed by atoms with E-state index in [1.165, 1.54) is 0 Å². The number of amides is 1. The molecule has 0 aromatic carbocycles. The van der Waals surface area contributed by atoms with Gasteiger partial charge < -0.3 is 19.7 Å². The number of rotatable bonds is 4. The van der Waals surface area contributed by atoms with Gasteiger partial charge in [-0.2, -0.15) is 4.98 Å². The molecule has 1 N–H and O–H groups in total. The van der Waals surface area contributed by atoms with E-state index in [4.69, 9.17) is 9.47 Å². The van der Waals surface area contributed by atoms with E-state index in [-0.39, 0.29) is 6.09 Å². The first-order valence-corrected chi connectivity index (χ1v) is 6.92. The zero-order valence-electron chi connectivity index (χ0n) is 12.0. The second-order valence-corrected chi connectivity index (χ2v) is 4.67. The average molecular weight is 279 g/mol. The smallest absolute Gasteiger partial charge is 0.409 e. The van der Waals surface area contributed by atoms with E-state index in [0.717, 1.165) is 18.7 Å². The molecule has 20 heavy (non-hydrogen) atoms. The standard InChI is InChI=1S/C14H21N3O3/c1-3-20-14(18)17-9-7-11(8-10-17)15-12-5-4-6-13(16-12)19-2/h4-6,11H,3,7-10H2,1-2H3,(H,15,16). The number of likely N-dealkylation sites (tertiary alicyclic amines) is 1. The number of ether oxygens (including phenoxy) is 2. The Hall–Kier alpha value is -1.98. The van der Waals surface area contributed by atoms with Crippen molar-refractivity contribution in [1.29, 1.82) is 0 Å². The summed E-state index contributed by atoms with van der Waals surface area (Å²) in [6.45, 7) is 3.66. The van der Waals surface area contributed by atoms with Crippen molar-refractivity contribution in [3.63, 3.8) is 0 Å². The molecule has 0 atom stereocenters. The first-order valence-electron chi connectivity index (χ1n) is 6.92. The van der Waals surface area contributed by atoms with E-state index in [1.807, 2.05) is 25.1 Å². The lowest BCUT2D eigenvalue weighted by molar-refractivity contribution is 0.0983. The molecule has 1 amide bonds. The maximum atomic E-state index is 11.6. The van der Waals surface area contributed by atoms with Crippen LogP contribution in [0.2, 0.25) is 0 Å². The van der Waals surface area contributed by atoms with Crippen molar-refractivity contribution in [2.45, 2.75) is 25.8 Å². The lowest BCUT2D eigenvalue weighted by atomic mass is 10.1. The van der Waals surface area contributed by atoms with Gasteiger partial charge in [0.1, 0.15) is 5.82 Å². The molecule has 0 saturated carbocycles. The first kappa shape index (κ1) is 14.4. The number of piperidine rings is 1. The van der Waals surface area contributed by atoms with Gasteiger partial charge in [-0.15, -0.1) is 0 Å². The topological polar surface area (TPSA) is 63.7 Å². The van der Waals surface area contributed by atoms with E-state index in [0.29, 0.717) is 31.6 Å². The molecule has 2 rings (SSSR count). The van der Waals surface area contributed by atoms with E-state index in [9.17, 15) is 4.79 Å². The molecule has 2 heterocycles. The SMILES string of the molecule is CCOC(=O)N1CCC(Nc2cccc(OC)n2)CC1. The lowest BCUT2D eigenvalue weighted by Crippen LogP contribution is -2.42. The highest BCUT2D eigenvalue weighted by Gasteiger charge is 2.23. The fourth-order valence-electron chi connectivity index (χ4n) is 2.24. The highest BCUT2D eigenvalue weighted by Crippen LogP contribution is 2.17. The lowest BCUT2D eigenvalue weighted by Gasteiger charge is -2.31. The Balaban J connectivity index is 1.83. The van der Waals surface area contributed by atoms with Crippen molar-refractivity contribution in [1.82, 2.24) is 9.88 Å². The molecule has 0 bridgehead atoms. The summed E-state index contributed by atoms with van der Waals surface area (Å²) in [5.74, 6) is 1.40. The average Bonchev–Trinajstić information content (AvgIpc) is 2.48. The molecule has 110 valence electrons. The zero-order valence-corrected chi connectivity index (χ0v) is 12.0. The Morgan fingerprint density at radius 3 is 2.85 bits per heavy atom. The summed E-state index contributed by atoms with van der Waals surface area (Å²) in [5.41, 5.74) is 0. The minimum absolute atomic E-state index is 0.217. The fraction of sp³-hybridized carbons (Fsp3) is 0.571. The molecule has 0 unspecified atom stereocenters. The maximum absolute atomic E-state index is 11.6. The molecule has 6 heteroatoms. The monoisotopic (exact) mass is 279 g/mol. The van der Waals surface area contributed by atoms with Gasteiger partial charge in [0.05, 0.1) is 13.7 Å². The second-order valence-electron chi connectivity index (χ2n) is 4.67. The third-order valence-corrected chi connectivity index (χ3v) is 3.31. The summed E-state index contributed by atoms with van der Waals surface area (Å²) < 4.78 is 10.1. The zero-order chi connectivity index (χ0) is 14.4. The second kappa shape index (κ2) is 6.98. The number of hydrogen-bond donors (Lipinski definition) is 1. The van der Waals surface area contributed by atoms with Crippen LogP contribution < -0.4 is 10.1 Å². The third-order valence-electron chi connectivity index (χ3n) is 3.31. The van der Waals surface area contributed by atoms with Crippen LogP contribution in [-0.4, -0.2) is 48.8 Å². The van der Waals surface area contributed by atoms with Crippen LogP contribution in [0, 0.1) is 0 Å². The summed E-state index contributed by atoms with van der Waals surface area (Å²) >= 11 is 0. The number of anilines is 1. The van der Waals surface area contributed by atoms with Crippen LogP contribution in [0.3, 0.4) is 0 Å². The van der Waals surface area contributed by atoms with Crippen LogP contribution in [0.25, 0.3) is 0 Å². The molecule has 0 radical (unpaired) electrons. The van der Waals surface area contributed by atoms with Crippen LogP contribution >= 0.6 is 0 Å². The van der Waals surface area contributed by atoms with Crippen LogP contribution in [0.4, 0.5) is 10.6 Å². The number of pyridine rings is 1. The van der Waals surface area contributed by atoms with Crippen molar-refractivity contribution >= 4 is 11.9 Å². The Kier molecular flexibility index (Phi) is 5.03. The van der Waals surface area contributed by atoms with Gasteiger partial charge in [-0.1, -0.05) is 6.07 Å². The summed E-state index contributed by atoms with van der Waals surface area (Å²) in [4.78, 5) is 17.7. The van der Waals surface area contributed by atoms with Crippen molar-refractivity contribution in [3.05, 3.63) is 18.2 Å². The number of carbonyl (C=O) groups is 1. The van der Waals surface area contributed by atoms with Gasteiger partial charge in [-0.3, -0.25) is 0 Å². The minimum atomic E-state index is -0.217. The normalized spacial score (nSPS) is 15.8. The summed E-state index contributed by atoms with van der Waals surface area (Å²) in [6, 6.07) is 5.96. The van der Waals surface area contributed by atoms with Crippen molar-refractivity contribution in [2.75, 3.05) is 32.1 Å². The molecule has 1 saturated heterocycles. The maximum Gasteiger partial charge on any atom is 0.409 e. The van der Waals surface area contributed by atoms with Crippen molar-refractivity contribution < 1.29 is 14.3 Å². The quantitative estimate of drug-likeness (QED) is 0.914. The summed E-state index contributed by atoms with van der Waals surface area (Å²) in [5, 5.41) is 3.38. The first-order chi connectivity index (χ1) is 9.72. The molecule has 1 aromatic rings. The molecule has 1 fully saturated rings. The summed E-state index contributed by atoms with van der Waals surface area (Å²) in [6.07, 6.45) is 1.56. The number of carbonyl (C=O) groups excluding carboxylic acids is 1. The molecule has 1 aliphatic heterocycles. The molecule has 6 nitrogen and oxygen atoms in total. The van der Waals surface area contributed by atoms with Gasteiger partial charge >= 0.3 is 6.09 Å². The van der Waals surface area contributed by atoms with Crippen LogP contribution in [0.1, 0.15) is 19.8 Å². The van der Waals surface area contributed by atoms with Crippen LogP contribution in [0.15, 0.2) is 18.2 Å². The Morgan fingerprint density at radius 1 is 1.45 bits per heavy atom. The number of aromatic nitrogens is 1. The third kappa shape index (κ3) is 3.76. The molecular formula is C14H21N3O3. The van der Waals surface area contributed by atoms with E-state index in [1.54, 1.807) is 12.0 Å².